The molecule has 0 bridgehead atoms. The number of hydrogen-bond donors (Lipinski definition) is 1. The molecule has 1 fully saturated rings. The second-order valence-corrected chi connectivity index (χ2v) is 5.22. The number of aromatic nitrogens is 1. The van der Waals surface area contributed by atoms with E-state index in [9.17, 15) is 0 Å². The van der Waals surface area contributed by atoms with E-state index >= 15 is 0 Å². The summed E-state index contributed by atoms with van der Waals surface area (Å²) in [6, 6.07) is 2.59. The highest BCUT2D eigenvalue weighted by Crippen LogP contribution is 2.29. The van der Waals surface area contributed by atoms with E-state index in [0.29, 0.717) is 6.04 Å². The van der Waals surface area contributed by atoms with Crippen LogP contribution in [0.2, 0.25) is 0 Å². The van der Waals surface area contributed by atoms with Crippen LogP contribution in [-0.2, 0) is 6.54 Å². The Bertz CT molecular complexity index is 287. The Balaban J connectivity index is 1.69. The lowest BCUT2D eigenvalue weighted by atomic mass is 9.80. The van der Waals surface area contributed by atoms with Crippen molar-refractivity contribution < 1.29 is 4.52 Å². The van der Waals surface area contributed by atoms with E-state index in [0.717, 1.165) is 24.1 Å². The molecule has 0 saturated heterocycles. The molecule has 0 atom stereocenters. The van der Waals surface area contributed by atoms with Crippen LogP contribution in [0.4, 0.5) is 0 Å². The zero-order valence-corrected chi connectivity index (χ0v) is 10.3. The molecule has 1 aromatic rings. The fourth-order valence-corrected chi connectivity index (χ4v) is 2.57. The first-order chi connectivity index (χ1) is 7.75. The Morgan fingerprint density at radius 3 is 2.69 bits per heavy atom. The van der Waals surface area contributed by atoms with Crippen molar-refractivity contribution in [3.8, 4) is 0 Å². The highest BCUT2D eigenvalue weighted by Gasteiger charge is 2.22. The minimum atomic E-state index is 0.667. The Morgan fingerprint density at radius 1 is 1.38 bits per heavy atom. The summed E-state index contributed by atoms with van der Waals surface area (Å²) in [6.07, 6.45) is 7.04. The van der Waals surface area contributed by atoms with Gasteiger partial charge in [-0.05, 0) is 37.5 Å². The lowest BCUT2D eigenvalue weighted by Crippen LogP contribution is -2.33. The van der Waals surface area contributed by atoms with Gasteiger partial charge in [0.1, 0.15) is 5.76 Å². The van der Waals surface area contributed by atoms with Crippen LogP contribution in [0.3, 0.4) is 0 Å². The molecule has 0 aromatic carbocycles. The van der Waals surface area contributed by atoms with E-state index < -0.39 is 0 Å². The van der Waals surface area contributed by atoms with E-state index in [1.54, 1.807) is 6.20 Å². The highest BCUT2D eigenvalue weighted by atomic mass is 16.5. The fourth-order valence-electron chi connectivity index (χ4n) is 2.57. The van der Waals surface area contributed by atoms with Crippen LogP contribution < -0.4 is 5.32 Å². The SMILES string of the molecule is CC(C)C1CCC(NCc2ccno2)CC1. The van der Waals surface area contributed by atoms with Gasteiger partial charge in [-0.25, -0.2) is 0 Å². The lowest BCUT2D eigenvalue weighted by Gasteiger charge is -2.31. The maximum Gasteiger partial charge on any atom is 0.150 e. The first-order valence-corrected chi connectivity index (χ1v) is 6.38. The predicted molar refractivity (Wildman–Crippen MR) is 63.9 cm³/mol. The normalized spacial score (nSPS) is 26.2. The molecule has 3 heteroatoms. The van der Waals surface area contributed by atoms with Crippen molar-refractivity contribution in [2.45, 2.75) is 52.1 Å². The third-order valence-corrected chi connectivity index (χ3v) is 3.77. The Hall–Kier alpha value is -0.830. The maximum atomic E-state index is 5.07. The molecule has 1 aliphatic rings. The summed E-state index contributed by atoms with van der Waals surface area (Å²) in [5, 5.41) is 7.26. The fraction of sp³-hybridized carbons (Fsp3) is 0.769. The lowest BCUT2D eigenvalue weighted by molar-refractivity contribution is 0.234. The molecule has 0 spiro atoms. The Labute approximate surface area is 97.6 Å². The number of hydrogen-bond acceptors (Lipinski definition) is 3. The highest BCUT2D eigenvalue weighted by molar-refractivity contribution is 4.93. The van der Waals surface area contributed by atoms with Crippen molar-refractivity contribution in [1.29, 1.82) is 0 Å². The van der Waals surface area contributed by atoms with Crippen molar-refractivity contribution in [3.63, 3.8) is 0 Å². The van der Waals surface area contributed by atoms with Crippen molar-refractivity contribution in [2.24, 2.45) is 11.8 Å². The van der Waals surface area contributed by atoms with Crippen LogP contribution in [0.15, 0.2) is 16.8 Å². The van der Waals surface area contributed by atoms with Gasteiger partial charge in [0.25, 0.3) is 0 Å². The molecule has 3 nitrogen and oxygen atoms in total. The van der Waals surface area contributed by atoms with Crippen LogP contribution >= 0.6 is 0 Å². The molecule has 1 aromatic heterocycles. The third kappa shape index (κ3) is 3.08. The molecule has 1 aliphatic carbocycles. The molecule has 0 aliphatic heterocycles. The van der Waals surface area contributed by atoms with E-state index in [2.05, 4.69) is 24.3 Å². The number of rotatable bonds is 4. The topological polar surface area (TPSA) is 38.1 Å². The van der Waals surface area contributed by atoms with Gasteiger partial charge in [-0.15, -0.1) is 0 Å². The molecule has 90 valence electrons. The van der Waals surface area contributed by atoms with Gasteiger partial charge < -0.3 is 9.84 Å². The summed E-state index contributed by atoms with van der Waals surface area (Å²) in [5.74, 6) is 2.71. The van der Waals surface area contributed by atoms with Gasteiger partial charge in [0.05, 0.1) is 12.7 Å². The summed E-state index contributed by atoms with van der Waals surface area (Å²) >= 11 is 0. The third-order valence-electron chi connectivity index (χ3n) is 3.77. The zero-order valence-electron chi connectivity index (χ0n) is 10.3. The summed E-state index contributed by atoms with van der Waals surface area (Å²) in [5.41, 5.74) is 0. The van der Waals surface area contributed by atoms with Gasteiger partial charge in [0.2, 0.25) is 0 Å². The molecular weight excluding hydrogens is 200 g/mol. The van der Waals surface area contributed by atoms with Crippen LogP contribution in [0, 0.1) is 11.8 Å². The van der Waals surface area contributed by atoms with Gasteiger partial charge in [0.15, 0.2) is 0 Å². The van der Waals surface area contributed by atoms with Gasteiger partial charge in [0, 0.05) is 12.1 Å². The zero-order chi connectivity index (χ0) is 11.4. The summed E-state index contributed by atoms with van der Waals surface area (Å²) in [4.78, 5) is 0. The monoisotopic (exact) mass is 222 g/mol. The van der Waals surface area contributed by atoms with E-state index in [-0.39, 0.29) is 0 Å². The van der Waals surface area contributed by atoms with Crippen molar-refractivity contribution in [1.82, 2.24) is 10.5 Å². The first kappa shape index (κ1) is 11.6. The predicted octanol–water partition coefficient (Wildman–Crippen LogP) is 2.98. The number of nitrogens with zero attached hydrogens (tertiary/aromatic N) is 1. The smallest absolute Gasteiger partial charge is 0.150 e. The quantitative estimate of drug-likeness (QED) is 0.851. The van der Waals surface area contributed by atoms with E-state index in [4.69, 9.17) is 4.52 Å². The van der Waals surface area contributed by atoms with Crippen LogP contribution in [0.25, 0.3) is 0 Å². The van der Waals surface area contributed by atoms with Crippen LogP contribution in [0.1, 0.15) is 45.3 Å². The average Bonchev–Trinajstić information content (AvgIpc) is 2.80. The molecule has 1 saturated carbocycles. The first-order valence-electron chi connectivity index (χ1n) is 6.38. The van der Waals surface area contributed by atoms with Crippen LogP contribution in [0.5, 0.6) is 0 Å². The second kappa shape index (κ2) is 5.48. The maximum absolute atomic E-state index is 5.07. The Kier molecular flexibility index (Phi) is 3.99. The summed E-state index contributed by atoms with van der Waals surface area (Å²) in [6.45, 7) is 5.50. The standard InChI is InChI=1S/C13H22N2O/c1-10(2)11-3-5-12(6-4-11)14-9-13-7-8-15-16-13/h7-8,10-12,14H,3-6,9H2,1-2H3. The molecular formula is C13H22N2O. The van der Waals surface area contributed by atoms with Gasteiger partial charge in [-0.1, -0.05) is 19.0 Å². The minimum absolute atomic E-state index is 0.667. The van der Waals surface area contributed by atoms with E-state index in [1.165, 1.54) is 25.7 Å². The molecule has 16 heavy (non-hydrogen) atoms. The molecule has 1 heterocycles. The Morgan fingerprint density at radius 2 is 2.12 bits per heavy atom. The average molecular weight is 222 g/mol. The van der Waals surface area contributed by atoms with Crippen molar-refractivity contribution in [3.05, 3.63) is 18.0 Å². The van der Waals surface area contributed by atoms with Crippen molar-refractivity contribution in [2.75, 3.05) is 0 Å². The summed E-state index contributed by atoms with van der Waals surface area (Å²) < 4.78 is 5.07. The van der Waals surface area contributed by atoms with Crippen LogP contribution in [-0.4, -0.2) is 11.2 Å². The summed E-state index contributed by atoms with van der Waals surface area (Å²) in [7, 11) is 0. The van der Waals surface area contributed by atoms with E-state index in [1.807, 2.05) is 6.07 Å². The van der Waals surface area contributed by atoms with Crippen molar-refractivity contribution >= 4 is 0 Å². The minimum Gasteiger partial charge on any atom is -0.360 e. The molecule has 0 radical (unpaired) electrons. The van der Waals surface area contributed by atoms with Gasteiger partial charge >= 0.3 is 0 Å². The second-order valence-electron chi connectivity index (χ2n) is 5.22. The largest absolute Gasteiger partial charge is 0.360 e. The van der Waals surface area contributed by atoms with Gasteiger partial charge in [-0.3, -0.25) is 0 Å². The molecule has 0 unspecified atom stereocenters. The molecule has 1 N–H and O–H groups in total. The van der Waals surface area contributed by atoms with Gasteiger partial charge in [-0.2, -0.15) is 0 Å². The number of nitrogens with one attached hydrogen (secondary N) is 1. The molecule has 0 amide bonds. The molecule has 2 rings (SSSR count).